The molecule has 1 aromatic heterocycles. The average molecular weight is 531 g/mol. The Kier molecular flexibility index (Phi) is 6.51. The Bertz CT molecular complexity index is 1390. The van der Waals surface area contributed by atoms with Gasteiger partial charge in [0.15, 0.2) is 6.23 Å². The fourth-order valence-corrected chi connectivity index (χ4v) is 6.35. The molecule has 2 aliphatic rings. The third kappa shape index (κ3) is 4.48. The highest BCUT2D eigenvalue weighted by Gasteiger charge is 2.46. The van der Waals surface area contributed by atoms with Gasteiger partial charge in [0.1, 0.15) is 18.0 Å². The smallest absolute Gasteiger partial charge is 0.269 e. The van der Waals surface area contributed by atoms with E-state index in [1.165, 1.54) is 34.9 Å². The molecule has 3 heterocycles. The van der Waals surface area contributed by atoms with Crippen LogP contribution in [0.2, 0.25) is 5.02 Å². The van der Waals surface area contributed by atoms with Gasteiger partial charge in [0, 0.05) is 43.3 Å². The van der Waals surface area contributed by atoms with Gasteiger partial charge in [0.2, 0.25) is 10.0 Å². The van der Waals surface area contributed by atoms with Gasteiger partial charge in [-0.2, -0.15) is 4.31 Å². The van der Waals surface area contributed by atoms with E-state index in [-0.39, 0.29) is 10.6 Å². The third-order valence-corrected chi connectivity index (χ3v) is 8.41. The summed E-state index contributed by atoms with van der Waals surface area (Å²) in [5.41, 5.74) is 1.32. The molecular weight excluding hydrogens is 508 g/mol. The first-order valence-corrected chi connectivity index (χ1v) is 13.0. The first-order chi connectivity index (χ1) is 17.3. The molecule has 13 heteroatoms. The molecule has 1 saturated heterocycles. The van der Waals surface area contributed by atoms with E-state index in [0.29, 0.717) is 48.3 Å². The van der Waals surface area contributed by atoms with Gasteiger partial charge in [0.05, 0.1) is 22.0 Å². The van der Waals surface area contributed by atoms with Gasteiger partial charge < -0.3 is 15.0 Å². The molecule has 2 atom stereocenters. The molecule has 3 aromatic rings. The Morgan fingerprint density at radius 3 is 2.61 bits per heavy atom. The van der Waals surface area contributed by atoms with Crippen molar-refractivity contribution in [1.82, 2.24) is 14.3 Å². The summed E-state index contributed by atoms with van der Waals surface area (Å²) in [5.74, 6) is 1.03. The molecule has 0 unspecified atom stereocenters. The van der Waals surface area contributed by atoms with Gasteiger partial charge in [-0.15, -0.1) is 0 Å². The van der Waals surface area contributed by atoms with E-state index in [0.717, 1.165) is 5.56 Å². The summed E-state index contributed by atoms with van der Waals surface area (Å²) < 4.78 is 35.1. The van der Waals surface area contributed by atoms with E-state index < -0.39 is 27.2 Å². The molecule has 2 bridgehead atoms. The SMILES string of the molecule is CN(Cc1ccc(Cl)cc1)c1ncnc2c1[C@@H]1OCC[C@@H](CN2)N1S(=O)(=O)c1ccc([N+](=O)[O-])cc1. The van der Waals surface area contributed by atoms with E-state index in [1.54, 1.807) is 12.1 Å². The van der Waals surface area contributed by atoms with Crippen LogP contribution in [0.25, 0.3) is 0 Å². The second-order valence-corrected chi connectivity index (χ2v) is 10.9. The minimum Gasteiger partial charge on any atom is -0.368 e. The standard InChI is InChI=1S/C23H23ClN6O5S/c1-28(13-15-2-4-16(24)5-3-15)22-20-21(26-14-27-22)25-12-18-10-11-35-23(20)29(18)36(33,34)19-8-6-17(7-9-19)30(31)32/h2-9,14,18,23H,10-13H2,1H3,(H,25,26,27)/t18-,23-/m0/s1. The van der Waals surface area contributed by atoms with Gasteiger partial charge >= 0.3 is 0 Å². The lowest BCUT2D eigenvalue weighted by Crippen LogP contribution is -2.49. The summed E-state index contributed by atoms with van der Waals surface area (Å²) in [7, 11) is -2.22. The number of sulfonamides is 1. The number of non-ortho nitro benzene ring substituents is 1. The summed E-state index contributed by atoms with van der Waals surface area (Å²) >= 11 is 6.01. The van der Waals surface area contributed by atoms with Crippen LogP contribution in [0, 0.1) is 10.1 Å². The predicted molar refractivity (Wildman–Crippen MR) is 133 cm³/mol. The molecule has 0 spiro atoms. The summed E-state index contributed by atoms with van der Waals surface area (Å²) in [6, 6.07) is 11.9. The van der Waals surface area contributed by atoms with Gasteiger partial charge in [-0.3, -0.25) is 10.1 Å². The molecule has 0 saturated carbocycles. The van der Waals surface area contributed by atoms with E-state index in [9.17, 15) is 18.5 Å². The van der Waals surface area contributed by atoms with Crippen molar-refractivity contribution in [3.63, 3.8) is 0 Å². The molecule has 188 valence electrons. The number of hydrogen-bond donors (Lipinski definition) is 1. The minimum atomic E-state index is -4.08. The molecule has 11 nitrogen and oxygen atoms in total. The number of aromatic nitrogens is 2. The number of nitrogens with zero attached hydrogens (tertiary/aromatic N) is 5. The molecule has 1 N–H and O–H groups in total. The van der Waals surface area contributed by atoms with Crippen molar-refractivity contribution in [2.45, 2.75) is 30.1 Å². The number of fused-ring (bicyclic) bond motifs is 4. The van der Waals surface area contributed by atoms with Crippen LogP contribution < -0.4 is 10.2 Å². The fraction of sp³-hybridized carbons (Fsp3) is 0.304. The number of anilines is 2. The van der Waals surface area contributed by atoms with Crippen LogP contribution in [0.5, 0.6) is 0 Å². The third-order valence-electron chi connectivity index (χ3n) is 6.25. The van der Waals surface area contributed by atoms with E-state index in [2.05, 4.69) is 15.3 Å². The van der Waals surface area contributed by atoms with Crippen molar-refractivity contribution in [3.8, 4) is 0 Å². The van der Waals surface area contributed by atoms with E-state index in [1.807, 2.05) is 24.1 Å². The monoisotopic (exact) mass is 530 g/mol. The topological polar surface area (TPSA) is 131 Å². The van der Waals surface area contributed by atoms with Crippen molar-refractivity contribution < 1.29 is 18.1 Å². The zero-order valence-corrected chi connectivity index (χ0v) is 20.8. The normalized spacial score (nSPS) is 19.6. The number of nitrogens with one attached hydrogen (secondary N) is 1. The number of benzene rings is 2. The molecule has 1 fully saturated rings. The first-order valence-electron chi connectivity index (χ1n) is 11.2. The summed E-state index contributed by atoms with van der Waals surface area (Å²) in [5, 5.41) is 15.0. The van der Waals surface area contributed by atoms with Crippen LogP contribution in [0.3, 0.4) is 0 Å². The number of nitro groups is 1. The van der Waals surface area contributed by atoms with Gasteiger partial charge in [0.25, 0.3) is 5.69 Å². The molecule has 2 aromatic carbocycles. The number of rotatable bonds is 6. The second-order valence-electron chi connectivity index (χ2n) is 8.57. The lowest BCUT2D eigenvalue weighted by atomic mass is 10.1. The maximum atomic E-state index is 13.8. The Labute approximate surface area is 212 Å². The lowest BCUT2D eigenvalue weighted by Gasteiger charge is -2.39. The Hall–Kier alpha value is -3.32. The largest absolute Gasteiger partial charge is 0.368 e. The Morgan fingerprint density at radius 2 is 1.92 bits per heavy atom. The fourth-order valence-electron chi connectivity index (χ4n) is 4.51. The van der Waals surface area contributed by atoms with E-state index >= 15 is 0 Å². The van der Waals surface area contributed by atoms with Gasteiger partial charge in [-0.25, -0.2) is 18.4 Å². The maximum Gasteiger partial charge on any atom is 0.269 e. The zero-order valence-electron chi connectivity index (χ0n) is 19.2. The molecule has 0 aliphatic carbocycles. The van der Waals surface area contributed by atoms with Crippen molar-refractivity contribution in [2.75, 3.05) is 30.4 Å². The molecule has 36 heavy (non-hydrogen) atoms. The minimum absolute atomic E-state index is 0.0510. The highest BCUT2D eigenvalue weighted by molar-refractivity contribution is 7.89. The van der Waals surface area contributed by atoms with Crippen molar-refractivity contribution in [1.29, 1.82) is 0 Å². The number of hydrogen-bond acceptors (Lipinski definition) is 9. The predicted octanol–water partition coefficient (Wildman–Crippen LogP) is 3.58. The second kappa shape index (κ2) is 9.62. The maximum absolute atomic E-state index is 13.8. The molecular formula is C23H23ClN6O5S. The number of ether oxygens (including phenoxy) is 1. The zero-order chi connectivity index (χ0) is 25.4. The van der Waals surface area contributed by atoms with Crippen molar-refractivity contribution >= 4 is 38.9 Å². The van der Waals surface area contributed by atoms with Crippen LogP contribution in [0.15, 0.2) is 59.8 Å². The van der Waals surface area contributed by atoms with Gasteiger partial charge in [-0.1, -0.05) is 23.7 Å². The van der Waals surface area contributed by atoms with Crippen LogP contribution in [0.1, 0.15) is 23.8 Å². The number of halogens is 1. The molecule has 5 rings (SSSR count). The van der Waals surface area contributed by atoms with E-state index in [4.69, 9.17) is 16.3 Å². The van der Waals surface area contributed by atoms with Crippen molar-refractivity contribution in [3.05, 3.63) is 81.1 Å². The summed E-state index contributed by atoms with van der Waals surface area (Å²) in [6.07, 6.45) is 0.939. The van der Waals surface area contributed by atoms with Crippen molar-refractivity contribution in [2.24, 2.45) is 0 Å². The highest BCUT2D eigenvalue weighted by Crippen LogP contribution is 2.43. The summed E-state index contributed by atoms with van der Waals surface area (Å²) in [4.78, 5) is 21.2. The lowest BCUT2D eigenvalue weighted by molar-refractivity contribution is -0.384. The van der Waals surface area contributed by atoms with Crippen LogP contribution in [-0.4, -0.2) is 53.9 Å². The Morgan fingerprint density at radius 1 is 1.19 bits per heavy atom. The molecule has 0 radical (unpaired) electrons. The van der Waals surface area contributed by atoms with Crippen LogP contribution in [-0.2, 0) is 21.3 Å². The van der Waals surface area contributed by atoms with Crippen LogP contribution in [0.4, 0.5) is 17.3 Å². The first kappa shape index (κ1) is 24.4. The molecule has 2 aliphatic heterocycles. The Balaban J connectivity index is 1.55. The summed E-state index contributed by atoms with van der Waals surface area (Å²) in [6.45, 7) is 1.18. The van der Waals surface area contributed by atoms with Gasteiger partial charge in [-0.05, 0) is 36.2 Å². The average Bonchev–Trinajstić information content (AvgIpc) is 2.97. The quantitative estimate of drug-likeness (QED) is 0.375. The highest BCUT2D eigenvalue weighted by atomic mass is 35.5. The van der Waals surface area contributed by atoms with Crippen LogP contribution >= 0.6 is 11.6 Å². The molecule has 0 amide bonds. The number of nitro benzene ring substituents is 1.